The van der Waals surface area contributed by atoms with E-state index in [4.69, 9.17) is 9.53 Å². The predicted octanol–water partition coefficient (Wildman–Crippen LogP) is 2.57. The first kappa shape index (κ1) is 15.6. The first-order chi connectivity index (χ1) is 8.10. The van der Waals surface area contributed by atoms with Crippen molar-refractivity contribution in [3.8, 4) is 0 Å². The summed E-state index contributed by atoms with van der Waals surface area (Å²) < 4.78 is 8.81. The number of rotatable bonds is 6. The molecule has 1 aromatic heterocycles. The summed E-state index contributed by atoms with van der Waals surface area (Å²) in [5.74, 6) is -0.849. The van der Waals surface area contributed by atoms with E-state index in [9.17, 15) is 4.79 Å². The van der Waals surface area contributed by atoms with Crippen molar-refractivity contribution >= 4 is 36.9 Å². The van der Waals surface area contributed by atoms with Gasteiger partial charge < -0.3 is 9.53 Å². The van der Waals surface area contributed by atoms with E-state index in [1.54, 1.807) is 10.9 Å². The quantitative estimate of drug-likeness (QED) is 0.607. The van der Waals surface area contributed by atoms with Gasteiger partial charge in [0.25, 0.3) is 0 Å². The molecule has 102 valence electrons. The molecule has 1 heterocycles. The van der Waals surface area contributed by atoms with Gasteiger partial charge in [-0.25, -0.2) is 0 Å². The summed E-state index contributed by atoms with van der Waals surface area (Å²) in [5.41, 5.74) is -0.717. The number of carboxylic acid groups (broad SMARTS) is 1. The molecule has 0 aliphatic carbocycles. The first-order valence-corrected chi connectivity index (χ1v) is 10.2. The minimum Gasteiger partial charge on any atom is -0.481 e. The molecule has 0 saturated heterocycles. The third kappa shape index (κ3) is 5.49. The molecule has 0 radical (unpaired) electrons. The van der Waals surface area contributed by atoms with E-state index in [1.165, 1.54) is 0 Å². The third-order valence-electron chi connectivity index (χ3n) is 2.18. The molecule has 0 bridgehead atoms. The van der Waals surface area contributed by atoms with Crippen molar-refractivity contribution in [2.75, 3.05) is 0 Å². The Kier molecular flexibility index (Phi) is 4.95. The Morgan fingerprint density at radius 2 is 2.22 bits per heavy atom. The second kappa shape index (κ2) is 5.70. The maximum absolute atomic E-state index is 11.0. The van der Waals surface area contributed by atoms with Crippen LogP contribution in [0.15, 0.2) is 12.4 Å². The van der Waals surface area contributed by atoms with Crippen LogP contribution in [-0.2, 0) is 15.8 Å². The number of hydrogen-bond donors (Lipinski definition) is 1. The molecule has 0 spiro atoms. The molecule has 0 fully saturated rings. The smallest absolute Gasteiger partial charge is 0.306 e. The Bertz CT molecular complexity index is 430. The molecule has 1 atom stereocenters. The second-order valence-electron chi connectivity index (χ2n) is 5.59. The van der Waals surface area contributed by atoms with Crippen molar-refractivity contribution in [3.63, 3.8) is 0 Å². The molecular formula is C11H19IN2O3Si. The van der Waals surface area contributed by atoms with Gasteiger partial charge in [-0.1, -0.05) is 0 Å². The Labute approximate surface area is 122 Å². The van der Waals surface area contributed by atoms with E-state index >= 15 is 0 Å². The van der Waals surface area contributed by atoms with E-state index in [1.807, 2.05) is 13.1 Å². The van der Waals surface area contributed by atoms with Gasteiger partial charge in [0.1, 0.15) is 0 Å². The molecule has 0 aromatic carbocycles. The number of carbonyl (C=O) groups is 1. The first-order valence-electron chi connectivity index (χ1n) is 5.70. The Morgan fingerprint density at radius 3 is 2.61 bits per heavy atom. The highest BCUT2D eigenvalue weighted by molar-refractivity contribution is 14.1. The average Bonchev–Trinajstić information content (AvgIpc) is 2.44. The zero-order chi connectivity index (χ0) is 14.0. The van der Waals surface area contributed by atoms with E-state index < -0.39 is 19.9 Å². The standard InChI is InChI=1S/C11H19IN2O3Si/c1-11(5-10(15)16,17-18(2,3)4)8-14-7-9(12)6-13-14/h6-7H,5,8H2,1-4H3,(H,15,16). The topological polar surface area (TPSA) is 64.3 Å². The third-order valence-corrected chi connectivity index (χ3v) is 3.84. The van der Waals surface area contributed by atoms with Gasteiger partial charge >= 0.3 is 5.97 Å². The summed E-state index contributed by atoms with van der Waals surface area (Å²) in [6.07, 6.45) is 3.61. The number of aromatic nitrogens is 2. The van der Waals surface area contributed by atoms with Gasteiger partial charge in [-0.3, -0.25) is 9.48 Å². The highest BCUT2D eigenvalue weighted by Crippen LogP contribution is 2.24. The zero-order valence-electron chi connectivity index (χ0n) is 11.1. The summed E-state index contributed by atoms with van der Waals surface area (Å²) >= 11 is 2.17. The van der Waals surface area contributed by atoms with Crippen LogP contribution in [0.4, 0.5) is 0 Å². The fourth-order valence-electron chi connectivity index (χ4n) is 1.95. The van der Waals surface area contributed by atoms with Crippen LogP contribution in [-0.4, -0.2) is 34.8 Å². The van der Waals surface area contributed by atoms with Crippen LogP contribution in [0.5, 0.6) is 0 Å². The maximum atomic E-state index is 11.0. The second-order valence-corrected chi connectivity index (χ2v) is 11.3. The van der Waals surface area contributed by atoms with Gasteiger partial charge in [0.05, 0.1) is 28.3 Å². The Hall–Kier alpha value is -0.413. The average molecular weight is 382 g/mol. The normalized spacial score (nSPS) is 15.4. The van der Waals surface area contributed by atoms with Crippen molar-refractivity contribution in [3.05, 3.63) is 16.0 Å². The molecule has 5 nitrogen and oxygen atoms in total. The molecule has 0 amide bonds. The number of halogens is 1. The predicted molar refractivity (Wildman–Crippen MR) is 80.0 cm³/mol. The minimum absolute atomic E-state index is 0.0201. The Morgan fingerprint density at radius 1 is 1.61 bits per heavy atom. The monoisotopic (exact) mass is 382 g/mol. The van der Waals surface area contributed by atoms with Crippen LogP contribution < -0.4 is 0 Å². The van der Waals surface area contributed by atoms with Gasteiger partial charge in [0, 0.05) is 6.20 Å². The molecule has 0 aliphatic heterocycles. The van der Waals surface area contributed by atoms with Gasteiger partial charge in [-0.15, -0.1) is 0 Å². The fourth-order valence-corrected chi connectivity index (χ4v) is 4.01. The van der Waals surface area contributed by atoms with E-state index in [0.717, 1.165) is 3.57 Å². The molecule has 1 N–H and O–H groups in total. The molecule has 7 heteroatoms. The minimum atomic E-state index is -1.81. The molecule has 1 rings (SSSR count). The van der Waals surface area contributed by atoms with Crippen LogP contribution in [0.3, 0.4) is 0 Å². The number of carboxylic acids is 1. The van der Waals surface area contributed by atoms with Crippen LogP contribution in [0.25, 0.3) is 0 Å². The van der Waals surface area contributed by atoms with Gasteiger partial charge in [-0.2, -0.15) is 5.10 Å². The fraction of sp³-hybridized carbons (Fsp3) is 0.636. The molecule has 1 aromatic rings. The van der Waals surface area contributed by atoms with E-state index in [0.29, 0.717) is 6.54 Å². The summed E-state index contributed by atoms with van der Waals surface area (Å²) in [6.45, 7) is 8.46. The lowest BCUT2D eigenvalue weighted by molar-refractivity contribution is -0.141. The van der Waals surface area contributed by atoms with Crippen LogP contribution in [0.2, 0.25) is 19.6 Å². The Balaban J connectivity index is 2.86. The summed E-state index contributed by atoms with van der Waals surface area (Å²) in [6, 6.07) is 0. The number of aliphatic carboxylic acids is 1. The van der Waals surface area contributed by atoms with Crippen molar-refractivity contribution in [2.24, 2.45) is 0 Å². The summed E-state index contributed by atoms with van der Waals surface area (Å²) in [7, 11) is -1.81. The lowest BCUT2D eigenvalue weighted by atomic mass is 10.0. The summed E-state index contributed by atoms with van der Waals surface area (Å²) in [4.78, 5) is 11.0. The maximum Gasteiger partial charge on any atom is 0.306 e. The van der Waals surface area contributed by atoms with E-state index in [-0.39, 0.29) is 6.42 Å². The van der Waals surface area contributed by atoms with Crippen LogP contribution in [0, 0.1) is 3.57 Å². The molecule has 0 aliphatic rings. The van der Waals surface area contributed by atoms with Crippen LogP contribution in [0.1, 0.15) is 13.3 Å². The van der Waals surface area contributed by atoms with E-state index in [2.05, 4.69) is 47.3 Å². The zero-order valence-corrected chi connectivity index (χ0v) is 14.3. The van der Waals surface area contributed by atoms with Crippen molar-refractivity contribution in [1.82, 2.24) is 9.78 Å². The highest BCUT2D eigenvalue weighted by Gasteiger charge is 2.34. The molecule has 18 heavy (non-hydrogen) atoms. The van der Waals surface area contributed by atoms with Crippen molar-refractivity contribution in [1.29, 1.82) is 0 Å². The SMILES string of the molecule is CC(CC(=O)O)(Cn1cc(I)cn1)O[Si](C)(C)C. The molecule has 1 unspecified atom stereocenters. The van der Waals surface area contributed by atoms with Gasteiger partial charge in [0.15, 0.2) is 8.32 Å². The molecular weight excluding hydrogens is 363 g/mol. The van der Waals surface area contributed by atoms with Crippen molar-refractivity contribution in [2.45, 2.75) is 45.1 Å². The van der Waals surface area contributed by atoms with Crippen molar-refractivity contribution < 1.29 is 14.3 Å². The number of nitrogens with zero attached hydrogens (tertiary/aromatic N) is 2. The molecule has 0 saturated carbocycles. The lowest BCUT2D eigenvalue weighted by Gasteiger charge is -2.35. The number of hydrogen-bond acceptors (Lipinski definition) is 3. The highest BCUT2D eigenvalue weighted by atomic mass is 127. The van der Waals surface area contributed by atoms with Gasteiger partial charge in [0.2, 0.25) is 0 Å². The van der Waals surface area contributed by atoms with Gasteiger partial charge in [-0.05, 0) is 49.2 Å². The van der Waals surface area contributed by atoms with Crippen LogP contribution >= 0.6 is 22.6 Å². The lowest BCUT2D eigenvalue weighted by Crippen LogP contribution is -2.45. The largest absolute Gasteiger partial charge is 0.481 e. The summed E-state index contributed by atoms with van der Waals surface area (Å²) in [5, 5.41) is 13.2.